The first kappa shape index (κ1) is 25.6. The molecule has 1 amide bonds. The van der Waals surface area contributed by atoms with Gasteiger partial charge in [-0.1, -0.05) is 37.1 Å². The highest BCUT2D eigenvalue weighted by Gasteiger charge is 2.23. The van der Waals surface area contributed by atoms with Crippen LogP contribution in [0.25, 0.3) is 22.0 Å². The van der Waals surface area contributed by atoms with Crippen LogP contribution in [0.5, 0.6) is 0 Å². The second-order valence-electron chi connectivity index (χ2n) is 10.1. The van der Waals surface area contributed by atoms with Crippen molar-refractivity contribution >= 4 is 22.6 Å². The van der Waals surface area contributed by atoms with Crippen molar-refractivity contribution in [3.05, 3.63) is 70.0 Å². The first-order valence-electron chi connectivity index (χ1n) is 12.9. The van der Waals surface area contributed by atoms with Crippen LogP contribution in [0.2, 0.25) is 0 Å². The highest BCUT2D eigenvalue weighted by atomic mass is 16.1. The summed E-state index contributed by atoms with van der Waals surface area (Å²) in [5.74, 6) is -0.555. The number of amidine groups is 1. The van der Waals surface area contributed by atoms with Gasteiger partial charge in [-0.2, -0.15) is 0 Å². The molecule has 1 aliphatic rings. The van der Waals surface area contributed by atoms with E-state index in [2.05, 4.69) is 18.7 Å². The van der Waals surface area contributed by atoms with Gasteiger partial charge in [0.05, 0.1) is 5.52 Å². The van der Waals surface area contributed by atoms with Crippen molar-refractivity contribution in [2.45, 2.75) is 71.0 Å². The Bertz CT molecular complexity index is 1320. The van der Waals surface area contributed by atoms with Crippen LogP contribution in [0.4, 0.5) is 0 Å². The standard InChI is InChI=1S/C29H37N5O2/c1-19-8-6-9-20(2)33(19)14-4-3-5-15-34-26-18-24(28(32)35)13-12-22(26)17-25(29(34)36)21-10-7-11-23(16-21)27(30)31/h7,10-13,16-20H,3-6,8-9,14-15H2,1-2H3,(H3,30,31)(H2,32,35)/t19-,20+. The van der Waals surface area contributed by atoms with E-state index in [4.69, 9.17) is 16.9 Å². The number of nitrogens with one attached hydrogen (secondary N) is 1. The fourth-order valence-electron chi connectivity index (χ4n) is 5.46. The number of unbranched alkanes of at least 4 members (excludes halogenated alkanes) is 2. The zero-order chi connectivity index (χ0) is 25.8. The van der Waals surface area contributed by atoms with Gasteiger partial charge in [0.15, 0.2) is 0 Å². The number of nitrogen functional groups attached to an aromatic ring is 1. The molecule has 2 aromatic carbocycles. The number of rotatable bonds is 9. The Kier molecular flexibility index (Phi) is 7.89. The molecule has 5 N–H and O–H groups in total. The molecule has 190 valence electrons. The summed E-state index contributed by atoms with van der Waals surface area (Å²) in [5, 5.41) is 8.62. The molecule has 0 bridgehead atoms. The first-order chi connectivity index (χ1) is 17.3. The number of fused-ring (bicyclic) bond motifs is 1. The third-order valence-electron chi connectivity index (χ3n) is 7.54. The fourth-order valence-corrected chi connectivity index (χ4v) is 5.46. The molecule has 1 fully saturated rings. The minimum Gasteiger partial charge on any atom is -0.384 e. The lowest BCUT2D eigenvalue weighted by atomic mass is 9.97. The minimum atomic E-state index is -0.515. The van der Waals surface area contributed by atoms with E-state index in [1.165, 1.54) is 19.3 Å². The van der Waals surface area contributed by atoms with Crippen molar-refractivity contribution in [1.29, 1.82) is 5.41 Å². The van der Waals surface area contributed by atoms with Gasteiger partial charge in [-0.3, -0.25) is 19.9 Å². The maximum Gasteiger partial charge on any atom is 0.258 e. The number of primary amides is 1. The van der Waals surface area contributed by atoms with Crippen LogP contribution in [0.1, 0.15) is 68.3 Å². The zero-order valence-electron chi connectivity index (χ0n) is 21.3. The Hall–Kier alpha value is -3.45. The number of nitrogens with two attached hydrogens (primary N) is 2. The summed E-state index contributed by atoms with van der Waals surface area (Å²) in [7, 11) is 0. The van der Waals surface area contributed by atoms with Gasteiger partial charge in [-0.15, -0.1) is 0 Å². The molecule has 3 aromatic rings. The summed E-state index contributed by atoms with van der Waals surface area (Å²) in [6.45, 7) is 6.29. The highest BCUT2D eigenvalue weighted by molar-refractivity contribution is 5.98. The Morgan fingerprint density at radius 3 is 2.36 bits per heavy atom. The van der Waals surface area contributed by atoms with E-state index in [-0.39, 0.29) is 11.4 Å². The van der Waals surface area contributed by atoms with Crippen LogP contribution in [0, 0.1) is 5.41 Å². The molecule has 4 rings (SSSR count). The molecular weight excluding hydrogens is 450 g/mol. The lowest BCUT2D eigenvalue weighted by Crippen LogP contribution is -2.44. The van der Waals surface area contributed by atoms with Crippen molar-refractivity contribution in [3.63, 3.8) is 0 Å². The van der Waals surface area contributed by atoms with Crippen molar-refractivity contribution in [3.8, 4) is 11.1 Å². The summed E-state index contributed by atoms with van der Waals surface area (Å²) in [6, 6.07) is 15.5. The SMILES string of the molecule is C[C@@H]1CCC[C@H](C)N1CCCCCn1c(=O)c(-c2cccc(C(=N)N)c2)cc2ccc(C(N)=O)cc21. The van der Waals surface area contributed by atoms with Crippen LogP contribution >= 0.6 is 0 Å². The van der Waals surface area contributed by atoms with Gasteiger partial charge in [0.25, 0.3) is 5.56 Å². The largest absolute Gasteiger partial charge is 0.384 e. The zero-order valence-corrected chi connectivity index (χ0v) is 21.3. The van der Waals surface area contributed by atoms with Gasteiger partial charge in [0.2, 0.25) is 5.91 Å². The van der Waals surface area contributed by atoms with Gasteiger partial charge >= 0.3 is 0 Å². The Balaban J connectivity index is 1.61. The average Bonchev–Trinajstić information content (AvgIpc) is 2.86. The summed E-state index contributed by atoms with van der Waals surface area (Å²) in [6.07, 6.45) is 6.83. The highest BCUT2D eigenvalue weighted by Crippen LogP contribution is 2.25. The molecule has 0 saturated carbocycles. The van der Waals surface area contributed by atoms with Gasteiger partial charge in [-0.25, -0.2) is 0 Å². The maximum absolute atomic E-state index is 13.7. The lowest BCUT2D eigenvalue weighted by Gasteiger charge is -2.39. The number of carbonyl (C=O) groups is 1. The molecule has 1 aromatic heterocycles. The molecule has 2 heterocycles. The Labute approximate surface area is 212 Å². The van der Waals surface area contributed by atoms with Crippen molar-refractivity contribution in [1.82, 2.24) is 9.47 Å². The van der Waals surface area contributed by atoms with Gasteiger partial charge in [0.1, 0.15) is 5.84 Å². The Morgan fingerprint density at radius 2 is 1.67 bits per heavy atom. The minimum absolute atomic E-state index is 0.0404. The molecule has 0 radical (unpaired) electrons. The van der Waals surface area contributed by atoms with Crippen molar-refractivity contribution < 1.29 is 4.79 Å². The van der Waals surface area contributed by atoms with Gasteiger partial charge in [-0.05, 0) is 81.3 Å². The molecule has 1 saturated heterocycles. The summed E-state index contributed by atoms with van der Waals surface area (Å²) >= 11 is 0. The third-order valence-corrected chi connectivity index (χ3v) is 7.54. The maximum atomic E-state index is 13.7. The summed E-state index contributed by atoms with van der Waals surface area (Å²) in [4.78, 5) is 28.1. The van der Waals surface area contributed by atoms with E-state index in [0.29, 0.717) is 40.8 Å². The normalized spacial score (nSPS) is 18.4. The van der Waals surface area contributed by atoms with Crippen LogP contribution < -0.4 is 17.0 Å². The number of aryl methyl sites for hydroxylation is 1. The molecule has 7 nitrogen and oxygen atoms in total. The van der Waals surface area contributed by atoms with E-state index in [1.54, 1.807) is 34.9 Å². The monoisotopic (exact) mass is 487 g/mol. The summed E-state index contributed by atoms with van der Waals surface area (Å²) < 4.78 is 1.77. The number of likely N-dealkylation sites (tertiary alicyclic amines) is 1. The summed E-state index contributed by atoms with van der Waals surface area (Å²) in [5.41, 5.74) is 14.0. The van der Waals surface area contributed by atoms with Crippen LogP contribution in [0.3, 0.4) is 0 Å². The molecular formula is C29H37N5O2. The second-order valence-corrected chi connectivity index (χ2v) is 10.1. The van der Waals surface area contributed by atoms with Crippen molar-refractivity contribution in [2.75, 3.05) is 6.54 Å². The quantitative estimate of drug-likeness (QED) is 0.234. The number of benzene rings is 2. The van der Waals surface area contributed by atoms with E-state index in [9.17, 15) is 9.59 Å². The van der Waals surface area contributed by atoms with E-state index in [1.807, 2.05) is 18.2 Å². The number of hydrogen-bond acceptors (Lipinski definition) is 4. The lowest BCUT2D eigenvalue weighted by molar-refractivity contribution is 0.0999. The van der Waals surface area contributed by atoms with E-state index in [0.717, 1.165) is 36.8 Å². The number of piperidine rings is 1. The Morgan fingerprint density at radius 1 is 0.944 bits per heavy atom. The predicted octanol–water partition coefficient (Wildman–Crippen LogP) is 4.48. The van der Waals surface area contributed by atoms with Gasteiger partial charge in [0, 0.05) is 35.3 Å². The van der Waals surface area contributed by atoms with E-state index >= 15 is 0 Å². The van der Waals surface area contributed by atoms with Crippen molar-refractivity contribution in [2.24, 2.45) is 11.5 Å². The number of carbonyl (C=O) groups excluding carboxylic acids is 1. The number of nitrogens with zero attached hydrogens (tertiary/aromatic N) is 2. The van der Waals surface area contributed by atoms with Gasteiger partial charge < -0.3 is 16.0 Å². The number of aromatic nitrogens is 1. The molecule has 0 aliphatic carbocycles. The fraction of sp³-hybridized carbons (Fsp3) is 0.414. The molecule has 7 heteroatoms. The second kappa shape index (κ2) is 11.1. The van der Waals surface area contributed by atoms with Crippen LogP contribution in [0.15, 0.2) is 53.3 Å². The average molecular weight is 488 g/mol. The smallest absolute Gasteiger partial charge is 0.258 e. The number of amides is 1. The molecule has 0 unspecified atom stereocenters. The molecule has 0 spiro atoms. The molecule has 1 aliphatic heterocycles. The van der Waals surface area contributed by atoms with E-state index < -0.39 is 5.91 Å². The van der Waals surface area contributed by atoms with Crippen LogP contribution in [-0.4, -0.2) is 39.8 Å². The number of pyridine rings is 1. The number of hydrogen-bond donors (Lipinski definition) is 3. The van der Waals surface area contributed by atoms with Crippen LogP contribution in [-0.2, 0) is 6.54 Å². The first-order valence-corrected chi connectivity index (χ1v) is 12.9. The topological polar surface area (TPSA) is 118 Å². The molecule has 2 atom stereocenters. The third kappa shape index (κ3) is 5.51. The molecule has 36 heavy (non-hydrogen) atoms. The predicted molar refractivity (Wildman–Crippen MR) is 147 cm³/mol.